The first-order valence-corrected chi connectivity index (χ1v) is 10.7. The minimum absolute atomic E-state index is 0.0219. The van der Waals surface area contributed by atoms with Crippen molar-refractivity contribution in [2.24, 2.45) is 29.6 Å². The summed E-state index contributed by atoms with van der Waals surface area (Å²) in [7, 11) is 0. The summed E-state index contributed by atoms with van der Waals surface area (Å²) < 4.78 is 6.08. The Balaban J connectivity index is 3.11. The maximum atomic E-state index is 13.1. The Hall–Kier alpha value is -1.04. The van der Waals surface area contributed by atoms with E-state index in [0.717, 1.165) is 12.0 Å². The number of aliphatic hydroxyl groups is 2. The average Bonchev–Trinajstić information content (AvgIpc) is 2.66. The van der Waals surface area contributed by atoms with Gasteiger partial charge in [-0.1, -0.05) is 60.1 Å². The predicted molar refractivity (Wildman–Crippen MR) is 111 cm³/mol. The van der Waals surface area contributed by atoms with Crippen molar-refractivity contribution in [3.63, 3.8) is 0 Å². The van der Waals surface area contributed by atoms with Gasteiger partial charge in [-0.3, -0.25) is 9.59 Å². The van der Waals surface area contributed by atoms with Crippen molar-refractivity contribution < 1.29 is 24.5 Å². The molecule has 1 aliphatic rings. The number of carbonyl (C=O) groups excluding carboxylic acids is 2. The van der Waals surface area contributed by atoms with Gasteiger partial charge in [-0.2, -0.15) is 0 Å². The van der Waals surface area contributed by atoms with Gasteiger partial charge < -0.3 is 14.9 Å². The third kappa shape index (κ3) is 5.11. The van der Waals surface area contributed by atoms with E-state index in [-0.39, 0.29) is 23.4 Å². The van der Waals surface area contributed by atoms with Gasteiger partial charge in [-0.25, -0.2) is 0 Å². The van der Waals surface area contributed by atoms with Crippen LogP contribution in [0.15, 0.2) is 11.6 Å². The molecule has 5 heteroatoms. The van der Waals surface area contributed by atoms with E-state index in [1.165, 1.54) is 0 Å². The van der Waals surface area contributed by atoms with Crippen LogP contribution in [0.4, 0.5) is 0 Å². The molecular formula is C23H40O5. The molecule has 1 saturated heterocycles. The summed E-state index contributed by atoms with van der Waals surface area (Å²) >= 11 is 0. The molecule has 0 aromatic heterocycles. The summed E-state index contributed by atoms with van der Waals surface area (Å²) in [5.74, 6) is -4.34. The highest BCUT2D eigenvalue weighted by molar-refractivity contribution is 5.84. The van der Waals surface area contributed by atoms with Crippen LogP contribution in [-0.4, -0.2) is 39.8 Å². The lowest BCUT2D eigenvalue weighted by Crippen LogP contribution is -2.63. The van der Waals surface area contributed by atoms with Crippen molar-refractivity contribution in [2.45, 2.75) is 92.6 Å². The number of ketones is 2. The van der Waals surface area contributed by atoms with Crippen LogP contribution in [0.1, 0.15) is 74.7 Å². The molecule has 1 unspecified atom stereocenters. The van der Waals surface area contributed by atoms with E-state index in [1.807, 2.05) is 20.8 Å². The topological polar surface area (TPSA) is 83.8 Å². The zero-order valence-electron chi connectivity index (χ0n) is 18.9. The maximum Gasteiger partial charge on any atom is 0.180 e. The molecule has 0 aliphatic carbocycles. The van der Waals surface area contributed by atoms with Gasteiger partial charge in [0, 0.05) is 30.1 Å². The molecule has 0 radical (unpaired) electrons. The van der Waals surface area contributed by atoms with E-state index in [4.69, 9.17) is 4.74 Å². The summed E-state index contributed by atoms with van der Waals surface area (Å²) in [6.45, 7) is 14.7. The summed E-state index contributed by atoms with van der Waals surface area (Å²) in [6, 6.07) is 0. The zero-order chi connectivity index (χ0) is 21.8. The molecule has 1 fully saturated rings. The summed E-state index contributed by atoms with van der Waals surface area (Å²) in [6.07, 6.45) is 2.53. The Morgan fingerprint density at radius 2 is 1.75 bits per heavy atom. The van der Waals surface area contributed by atoms with Crippen LogP contribution in [0.25, 0.3) is 0 Å². The lowest BCUT2D eigenvalue weighted by Gasteiger charge is -2.51. The summed E-state index contributed by atoms with van der Waals surface area (Å²) in [5, 5.41) is 22.2. The van der Waals surface area contributed by atoms with Crippen LogP contribution in [0, 0.1) is 29.6 Å². The standard InChI is InChI=1S/C23H40O5/c1-9-11-13(3)12-14(4)20(25)17(7)23(27)18(8)21(26)16(6)22(28-23)15(5)19(24)10-2/h11,14-18,21-22,26-27H,9-10,12H2,1-8H3/b13-11+/t14-,15-,16-,17-,18+,21+,22?,23-/m1/s1. The molecule has 28 heavy (non-hydrogen) atoms. The normalized spacial score (nSPS) is 34.6. The SMILES string of the molecule is CC/C=C(\C)C[C@@H](C)C(=O)[C@@H](C)[C@@]1(O)OC([C@H](C)C(=O)CC)[C@H](C)[C@H](O)[C@@H]1C. The Morgan fingerprint density at radius 1 is 1.18 bits per heavy atom. The molecule has 2 N–H and O–H groups in total. The van der Waals surface area contributed by atoms with E-state index in [2.05, 4.69) is 13.0 Å². The lowest BCUT2D eigenvalue weighted by molar-refractivity contribution is -0.337. The van der Waals surface area contributed by atoms with Gasteiger partial charge in [0.15, 0.2) is 5.79 Å². The second-order valence-corrected chi connectivity index (χ2v) is 8.77. The molecule has 1 heterocycles. The molecule has 0 saturated carbocycles. The number of carbonyl (C=O) groups is 2. The first-order valence-electron chi connectivity index (χ1n) is 10.7. The Labute approximate surface area is 170 Å². The van der Waals surface area contributed by atoms with Crippen LogP contribution in [0.2, 0.25) is 0 Å². The third-order valence-corrected chi connectivity index (χ3v) is 6.61. The highest BCUT2D eigenvalue weighted by atomic mass is 16.6. The fourth-order valence-electron chi connectivity index (χ4n) is 4.53. The predicted octanol–water partition coefficient (Wildman–Crippen LogP) is 3.91. The highest BCUT2D eigenvalue weighted by Crippen LogP contribution is 2.43. The van der Waals surface area contributed by atoms with E-state index >= 15 is 0 Å². The van der Waals surface area contributed by atoms with Gasteiger partial charge in [0.05, 0.1) is 18.1 Å². The summed E-state index contributed by atoms with van der Waals surface area (Å²) in [5.41, 5.74) is 1.15. The van der Waals surface area contributed by atoms with Gasteiger partial charge in [0.25, 0.3) is 0 Å². The fraction of sp³-hybridized carbons (Fsp3) is 0.826. The number of hydrogen-bond acceptors (Lipinski definition) is 5. The van der Waals surface area contributed by atoms with E-state index in [9.17, 15) is 19.8 Å². The van der Waals surface area contributed by atoms with Crippen molar-refractivity contribution >= 4 is 11.6 Å². The first-order chi connectivity index (χ1) is 12.9. The van der Waals surface area contributed by atoms with Crippen LogP contribution >= 0.6 is 0 Å². The van der Waals surface area contributed by atoms with Gasteiger partial charge in [0.2, 0.25) is 0 Å². The number of rotatable bonds is 9. The highest BCUT2D eigenvalue weighted by Gasteiger charge is 2.56. The number of hydrogen-bond donors (Lipinski definition) is 2. The van der Waals surface area contributed by atoms with Crippen molar-refractivity contribution in [1.82, 2.24) is 0 Å². The zero-order valence-corrected chi connectivity index (χ0v) is 18.9. The van der Waals surface area contributed by atoms with E-state index in [0.29, 0.717) is 12.8 Å². The minimum Gasteiger partial charge on any atom is -0.392 e. The Morgan fingerprint density at radius 3 is 2.25 bits per heavy atom. The number of allylic oxidation sites excluding steroid dienone is 2. The van der Waals surface area contributed by atoms with Crippen molar-refractivity contribution in [1.29, 1.82) is 0 Å². The van der Waals surface area contributed by atoms with Crippen LogP contribution in [0.3, 0.4) is 0 Å². The fourth-order valence-corrected chi connectivity index (χ4v) is 4.53. The van der Waals surface area contributed by atoms with Gasteiger partial charge in [-0.05, 0) is 19.8 Å². The van der Waals surface area contributed by atoms with Crippen molar-refractivity contribution in [3.8, 4) is 0 Å². The summed E-state index contributed by atoms with van der Waals surface area (Å²) in [4.78, 5) is 25.3. The molecule has 1 rings (SSSR count). The lowest BCUT2D eigenvalue weighted by atomic mass is 9.71. The maximum absolute atomic E-state index is 13.1. The van der Waals surface area contributed by atoms with Crippen LogP contribution < -0.4 is 0 Å². The molecular weight excluding hydrogens is 356 g/mol. The van der Waals surface area contributed by atoms with Gasteiger partial charge in [-0.15, -0.1) is 0 Å². The molecule has 0 amide bonds. The largest absolute Gasteiger partial charge is 0.392 e. The molecule has 1 aliphatic heterocycles. The molecule has 0 aromatic carbocycles. The first kappa shape index (κ1) is 25.0. The van der Waals surface area contributed by atoms with E-state index < -0.39 is 35.7 Å². The number of ether oxygens (including phenoxy) is 1. The molecule has 0 aromatic rings. The molecule has 162 valence electrons. The average molecular weight is 397 g/mol. The smallest absolute Gasteiger partial charge is 0.180 e. The van der Waals surface area contributed by atoms with Crippen LogP contribution in [0.5, 0.6) is 0 Å². The molecule has 0 bridgehead atoms. The van der Waals surface area contributed by atoms with E-state index in [1.54, 1.807) is 27.7 Å². The Bertz CT molecular complexity index is 584. The van der Waals surface area contributed by atoms with Gasteiger partial charge >= 0.3 is 0 Å². The number of aliphatic hydroxyl groups excluding tert-OH is 1. The second kappa shape index (κ2) is 10.1. The minimum atomic E-state index is -1.80. The van der Waals surface area contributed by atoms with Gasteiger partial charge in [0.1, 0.15) is 11.6 Å². The third-order valence-electron chi connectivity index (χ3n) is 6.61. The molecule has 8 atom stereocenters. The number of Topliss-reactive ketones (excluding diaryl/α,β-unsaturated/α-hetero) is 2. The quantitative estimate of drug-likeness (QED) is 0.577. The van der Waals surface area contributed by atoms with Crippen molar-refractivity contribution in [3.05, 3.63) is 11.6 Å². The Kier molecular flexibility index (Phi) is 9.04. The van der Waals surface area contributed by atoms with Crippen molar-refractivity contribution in [2.75, 3.05) is 0 Å². The molecule has 5 nitrogen and oxygen atoms in total. The second-order valence-electron chi connectivity index (χ2n) is 8.77. The van der Waals surface area contributed by atoms with Crippen LogP contribution in [-0.2, 0) is 14.3 Å². The molecule has 0 spiro atoms. The monoisotopic (exact) mass is 396 g/mol.